The van der Waals surface area contributed by atoms with Crippen LogP contribution in [-0.4, -0.2) is 48.6 Å². The summed E-state index contributed by atoms with van der Waals surface area (Å²) in [6, 6.07) is 7.19. The number of primary amides is 1. The minimum absolute atomic E-state index is 0.0475. The fraction of sp³-hybridized carbons (Fsp3) is 0.720. The van der Waals surface area contributed by atoms with E-state index >= 15 is 0 Å². The van der Waals surface area contributed by atoms with E-state index in [0.29, 0.717) is 0 Å². The Labute approximate surface area is 179 Å². The second-order valence-electron chi connectivity index (χ2n) is 10.7. The lowest BCUT2D eigenvalue weighted by Crippen LogP contribution is -2.65. The number of ether oxygens (including phenoxy) is 1. The van der Waals surface area contributed by atoms with Gasteiger partial charge in [-0.3, -0.25) is 4.90 Å². The summed E-state index contributed by atoms with van der Waals surface area (Å²) >= 11 is 0. The van der Waals surface area contributed by atoms with E-state index in [4.69, 9.17) is 10.5 Å². The fourth-order valence-corrected chi connectivity index (χ4v) is 8.46. The van der Waals surface area contributed by atoms with Crippen molar-refractivity contribution in [3.63, 3.8) is 0 Å². The van der Waals surface area contributed by atoms with Gasteiger partial charge >= 0.3 is 6.03 Å². The van der Waals surface area contributed by atoms with Crippen LogP contribution in [0.5, 0.6) is 5.75 Å². The minimum Gasteiger partial charge on any atom is -0.497 e. The first-order valence-corrected chi connectivity index (χ1v) is 12.1. The van der Waals surface area contributed by atoms with Crippen LogP contribution in [0.15, 0.2) is 18.2 Å². The van der Waals surface area contributed by atoms with E-state index in [2.05, 4.69) is 23.1 Å². The average molecular weight is 410 g/mol. The van der Waals surface area contributed by atoms with Crippen LogP contribution in [0, 0.1) is 23.7 Å². The topological polar surface area (TPSA) is 58.8 Å². The van der Waals surface area contributed by atoms with Crippen molar-refractivity contribution in [2.24, 2.45) is 29.4 Å². The number of hydrogen-bond donors (Lipinski definition) is 1. The minimum atomic E-state index is -0.267. The van der Waals surface area contributed by atoms with Gasteiger partial charge in [0, 0.05) is 31.2 Å². The summed E-state index contributed by atoms with van der Waals surface area (Å²) < 4.78 is 5.54. The Kier molecular flexibility index (Phi) is 4.35. The molecule has 0 radical (unpaired) electrons. The lowest BCUT2D eigenvalue weighted by atomic mass is 9.53. The van der Waals surface area contributed by atoms with Gasteiger partial charge in [0.05, 0.1) is 7.11 Å². The lowest BCUT2D eigenvalue weighted by Gasteiger charge is -2.63. The van der Waals surface area contributed by atoms with Crippen molar-refractivity contribution in [2.75, 3.05) is 26.7 Å². The van der Waals surface area contributed by atoms with Gasteiger partial charge in [-0.15, -0.1) is 0 Å². The third-order valence-corrected chi connectivity index (χ3v) is 9.42. The van der Waals surface area contributed by atoms with Gasteiger partial charge in [-0.1, -0.05) is 6.07 Å². The van der Waals surface area contributed by atoms with Crippen molar-refractivity contribution in [3.05, 3.63) is 29.3 Å². The van der Waals surface area contributed by atoms with E-state index in [1.807, 2.05) is 4.90 Å². The molecule has 0 unspecified atom stereocenters. The number of nitrogens with zero attached hydrogens (tertiary/aromatic N) is 2. The molecule has 4 aliphatic carbocycles. The molecule has 162 valence electrons. The van der Waals surface area contributed by atoms with Crippen LogP contribution in [-0.2, 0) is 12.0 Å². The summed E-state index contributed by atoms with van der Waals surface area (Å²) in [6.45, 7) is 2.68. The van der Waals surface area contributed by atoms with Crippen molar-refractivity contribution in [3.8, 4) is 5.75 Å². The smallest absolute Gasteiger partial charge is 0.314 e. The Balaban J connectivity index is 1.39. The van der Waals surface area contributed by atoms with Crippen LogP contribution in [0.1, 0.15) is 56.1 Å². The maximum absolute atomic E-state index is 11.9. The highest BCUT2D eigenvalue weighted by Gasteiger charge is 2.55. The van der Waals surface area contributed by atoms with Crippen LogP contribution < -0.4 is 10.5 Å². The van der Waals surface area contributed by atoms with E-state index < -0.39 is 0 Å². The van der Waals surface area contributed by atoms with Gasteiger partial charge < -0.3 is 15.4 Å². The maximum atomic E-state index is 11.9. The Morgan fingerprint density at radius 1 is 1.03 bits per heavy atom. The number of likely N-dealkylation sites (tertiary alicyclic amines) is 1. The molecule has 0 atom stereocenters. The first kappa shape index (κ1) is 19.0. The quantitative estimate of drug-likeness (QED) is 0.809. The molecule has 2 heterocycles. The van der Waals surface area contributed by atoms with Crippen molar-refractivity contribution in [1.29, 1.82) is 0 Å². The number of carbonyl (C=O) groups excluding carboxylic acids is 1. The van der Waals surface area contributed by atoms with Crippen LogP contribution in [0.4, 0.5) is 4.79 Å². The highest BCUT2D eigenvalue weighted by atomic mass is 16.5. The standard InChI is InChI=1S/C25H35N3O2/c1-30-21-2-3-22-18(15-21)4-7-28(25(22)5-8-27(9-6-25)24(26)29)23-19-11-16-10-17(13-19)14-20(23)12-16/h2-3,15-17,19-20,23H,4-14H2,1H3,(H2,26,29). The SMILES string of the molecule is COc1ccc2c(c1)CCN(C1C3CC4CC(C3)CC1C4)C21CCN(C(N)=O)CC1. The Morgan fingerprint density at radius 2 is 1.70 bits per heavy atom. The second kappa shape index (κ2) is 6.88. The van der Waals surface area contributed by atoms with E-state index in [-0.39, 0.29) is 11.6 Å². The molecule has 1 aromatic rings. The molecule has 4 bridgehead atoms. The number of nitrogens with two attached hydrogens (primary N) is 1. The summed E-state index contributed by atoms with van der Waals surface area (Å²) in [5, 5.41) is 0. The number of fused-ring (bicyclic) bond motifs is 2. The molecule has 30 heavy (non-hydrogen) atoms. The molecule has 5 fully saturated rings. The summed E-state index contributed by atoms with van der Waals surface area (Å²) in [4.78, 5) is 16.7. The highest BCUT2D eigenvalue weighted by Crippen LogP contribution is 2.58. The van der Waals surface area contributed by atoms with E-state index in [1.165, 1.54) is 43.2 Å². The van der Waals surface area contributed by atoms with Crippen LogP contribution >= 0.6 is 0 Å². The van der Waals surface area contributed by atoms with E-state index in [1.54, 1.807) is 7.11 Å². The van der Waals surface area contributed by atoms with Crippen LogP contribution in [0.2, 0.25) is 0 Å². The number of rotatable bonds is 2. The molecule has 1 spiro atoms. The molecule has 1 saturated heterocycles. The first-order chi connectivity index (χ1) is 14.6. The van der Waals surface area contributed by atoms with Gasteiger partial charge in [-0.25, -0.2) is 4.79 Å². The predicted octanol–water partition coefficient (Wildman–Crippen LogP) is 3.75. The van der Waals surface area contributed by atoms with Gasteiger partial charge in [0.25, 0.3) is 0 Å². The molecule has 2 aliphatic heterocycles. The molecule has 4 saturated carbocycles. The molecule has 5 nitrogen and oxygen atoms in total. The van der Waals surface area contributed by atoms with Gasteiger partial charge in [-0.2, -0.15) is 0 Å². The Hall–Kier alpha value is -1.75. The summed E-state index contributed by atoms with van der Waals surface area (Å²) in [7, 11) is 1.76. The zero-order valence-corrected chi connectivity index (χ0v) is 18.2. The number of amides is 2. The largest absolute Gasteiger partial charge is 0.497 e. The molecule has 7 rings (SSSR count). The van der Waals surface area contributed by atoms with Crippen molar-refractivity contribution in [2.45, 2.75) is 62.9 Å². The number of hydrogen-bond acceptors (Lipinski definition) is 3. The number of piperidine rings is 1. The number of carbonyl (C=O) groups is 1. The molecule has 0 aromatic heterocycles. The molecule has 2 amide bonds. The van der Waals surface area contributed by atoms with E-state index in [0.717, 1.165) is 74.4 Å². The predicted molar refractivity (Wildman–Crippen MR) is 116 cm³/mol. The molecule has 6 aliphatic rings. The van der Waals surface area contributed by atoms with Crippen LogP contribution in [0.25, 0.3) is 0 Å². The molecule has 5 heteroatoms. The molecule has 1 aromatic carbocycles. The van der Waals surface area contributed by atoms with Gasteiger partial charge in [0.15, 0.2) is 0 Å². The highest BCUT2D eigenvalue weighted by molar-refractivity contribution is 5.72. The Morgan fingerprint density at radius 3 is 2.30 bits per heavy atom. The fourth-order valence-electron chi connectivity index (χ4n) is 8.46. The molecular weight excluding hydrogens is 374 g/mol. The zero-order chi connectivity index (χ0) is 20.5. The third kappa shape index (κ3) is 2.73. The first-order valence-electron chi connectivity index (χ1n) is 12.1. The van der Waals surface area contributed by atoms with Crippen molar-refractivity contribution in [1.82, 2.24) is 9.80 Å². The summed E-state index contributed by atoms with van der Waals surface area (Å²) in [5.74, 6) is 4.72. The number of urea groups is 1. The van der Waals surface area contributed by atoms with Crippen LogP contribution in [0.3, 0.4) is 0 Å². The third-order valence-electron chi connectivity index (χ3n) is 9.42. The summed E-state index contributed by atoms with van der Waals surface area (Å²) in [5.41, 5.74) is 8.63. The zero-order valence-electron chi connectivity index (χ0n) is 18.2. The van der Waals surface area contributed by atoms with Gasteiger partial charge in [-0.05, 0) is 98.3 Å². The van der Waals surface area contributed by atoms with Crippen molar-refractivity contribution >= 4 is 6.03 Å². The van der Waals surface area contributed by atoms with Gasteiger partial charge in [0.2, 0.25) is 0 Å². The molecular formula is C25H35N3O2. The number of methoxy groups -OCH3 is 1. The number of benzene rings is 1. The lowest BCUT2D eigenvalue weighted by molar-refractivity contribution is -0.120. The monoisotopic (exact) mass is 409 g/mol. The Bertz CT molecular complexity index is 817. The summed E-state index contributed by atoms with van der Waals surface area (Å²) in [6.07, 6.45) is 10.4. The molecule has 2 N–H and O–H groups in total. The van der Waals surface area contributed by atoms with Crippen molar-refractivity contribution < 1.29 is 9.53 Å². The normalized spacial score (nSPS) is 36.7. The van der Waals surface area contributed by atoms with Gasteiger partial charge in [0.1, 0.15) is 5.75 Å². The second-order valence-corrected chi connectivity index (χ2v) is 10.7. The van der Waals surface area contributed by atoms with E-state index in [9.17, 15) is 4.79 Å². The maximum Gasteiger partial charge on any atom is 0.314 e. The average Bonchev–Trinajstić information content (AvgIpc) is 2.74.